The van der Waals surface area contributed by atoms with Crippen molar-refractivity contribution < 1.29 is 13.2 Å². The summed E-state index contributed by atoms with van der Waals surface area (Å²) in [7, 11) is -3.68. The zero-order chi connectivity index (χ0) is 17.9. The quantitative estimate of drug-likeness (QED) is 0.725. The lowest BCUT2D eigenvalue weighted by Crippen LogP contribution is -2.48. The van der Waals surface area contributed by atoms with Crippen molar-refractivity contribution in [3.05, 3.63) is 23.2 Å². The molecule has 0 radical (unpaired) electrons. The number of carbonyl (C=O) groups is 1. The molecule has 1 aromatic rings. The maximum atomic E-state index is 12.7. The first-order chi connectivity index (χ1) is 11.3. The van der Waals surface area contributed by atoms with Gasteiger partial charge in [-0.15, -0.1) is 12.4 Å². The van der Waals surface area contributed by atoms with Crippen LogP contribution in [-0.4, -0.2) is 44.8 Å². The Bertz CT molecular complexity index is 705. The summed E-state index contributed by atoms with van der Waals surface area (Å²) in [6, 6.07) is 4.55. The molecular formula is C16H25Cl2N3O3S. The van der Waals surface area contributed by atoms with E-state index < -0.39 is 10.0 Å². The predicted octanol–water partition coefficient (Wildman–Crippen LogP) is 2.59. The van der Waals surface area contributed by atoms with Crippen LogP contribution in [-0.2, 0) is 14.8 Å². The molecule has 1 saturated heterocycles. The molecule has 1 aromatic carbocycles. The molecule has 1 atom stereocenters. The zero-order valence-electron chi connectivity index (χ0n) is 14.6. The third-order valence-electron chi connectivity index (χ3n) is 4.46. The van der Waals surface area contributed by atoms with Crippen LogP contribution in [0.5, 0.6) is 0 Å². The maximum absolute atomic E-state index is 12.7. The molecule has 0 bridgehead atoms. The summed E-state index contributed by atoms with van der Waals surface area (Å²) in [5.41, 5.74) is 0.439. The van der Waals surface area contributed by atoms with Crippen LogP contribution in [0.4, 0.5) is 5.69 Å². The lowest BCUT2D eigenvalue weighted by Gasteiger charge is -2.31. The molecule has 1 aliphatic rings. The second kappa shape index (κ2) is 9.19. The van der Waals surface area contributed by atoms with Crippen molar-refractivity contribution in [1.29, 1.82) is 0 Å². The van der Waals surface area contributed by atoms with Gasteiger partial charge in [0.15, 0.2) is 0 Å². The number of benzene rings is 1. The fourth-order valence-corrected chi connectivity index (χ4v) is 4.57. The normalized spacial score (nSPS) is 16.0. The van der Waals surface area contributed by atoms with E-state index in [4.69, 9.17) is 11.6 Å². The SMILES string of the molecule is CCN(CC)S(=O)(=O)c1cc(NC(=O)C(C)C2CNC2)ccc1Cl.Cl. The van der Waals surface area contributed by atoms with E-state index in [1.54, 1.807) is 19.9 Å². The van der Waals surface area contributed by atoms with E-state index in [9.17, 15) is 13.2 Å². The van der Waals surface area contributed by atoms with Crippen LogP contribution in [0.15, 0.2) is 23.1 Å². The Kier molecular flexibility index (Phi) is 8.15. The molecule has 9 heteroatoms. The van der Waals surface area contributed by atoms with Gasteiger partial charge in [-0.1, -0.05) is 32.4 Å². The van der Waals surface area contributed by atoms with Gasteiger partial charge in [-0.2, -0.15) is 4.31 Å². The topological polar surface area (TPSA) is 78.5 Å². The minimum atomic E-state index is -3.68. The Balaban J connectivity index is 0.00000312. The van der Waals surface area contributed by atoms with E-state index >= 15 is 0 Å². The number of rotatable bonds is 7. The van der Waals surface area contributed by atoms with Gasteiger partial charge in [0.1, 0.15) is 4.90 Å². The zero-order valence-corrected chi connectivity index (χ0v) is 17.0. The van der Waals surface area contributed by atoms with Crippen molar-refractivity contribution in [1.82, 2.24) is 9.62 Å². The van der Waals surface area contributed by atoms with E-state index in [0.29, 0.717) is 24.7 Å². The summed E-state index contributed by atoms with van der Waals surface area (Å²) >= 11 is 6.09. The van der Waals surface area contributed by atoms with Gasteiger partial charge < -0.3 is 10.6 Å². The van der Waals surface area contributed by atoms with Gasteiger partial charge in [-0.3, -0.25) is 4.79 Å². The molecule has 2 N–H and O–H groups in total. The first-order valence-electron chi connectivity index (χ1n) is 8.12. The number of nitrogens with one attached hydrogen (secondary N) is 2. The van der Waals surface area contributed by atoms with Crippen LogP contribution in [0.3, 0.4) is 0 Å². The molecule has 142 valence electrons. The summed E-state index contributed by atoms with van der Waals surface area (Å²) in [5, 5.41) is 6.09. The standard InChI is InChI=1S/C16H24ClN3O3S.ClH/c1-4-20(5-2)24(22,23)15-8-13(6-7-14(15)17)19-16(21)11(3)12-9-18-10-12;/h6-8,11-12,18H,4-5,9-10H2,1-3H3,(H,19,21);1H. The molecule has 0 aliphatic carbocycles. The van der Waals surface area contributed by atoms with E-state index in [1.807, 2.05) is 6.92 Å². The molecule has 1 amide bonds. The van der Waals surface area contributed by atoms with Gasteiger partial charge >= 0.3 is 0 Å². The molecule has 1 heterocycles. The summed E-state index contributed by atoms with van der Waals surface area (Å²) in [6.45, 7) is 7.80. The highest BCUT2D eigenvalue weighted by Crippen LogP contribution is 2.28. The van der Waals surface area contributed by atoms with Crippen molar-refractivity contribution in [2.75, 3.05) is 31.5 Å². The van der Waals surface area contributed by atoms with Gasteiger partial charge in [0.2, 0.25) is 15.9 Å². The Labute approximate surface area is 160 Å². The van der Waals surface area contributed by atoms with Gasteiger partial charge in [0.25, 0.3) is 0 Å². The molecule has 0 aromatic heterocycles. The number of hydrogen-bond donors (Lipinski definition) is 2. The fraction of sp³-hybridized carbons (Fsp3) is 0.562. The van der Waals surface area contributed by atoms with Crippen molar-refractivity contribution in [3.63, 3.8) is 0 Å². The first-order valence-corrected chi connectivity index (χ1v) is 9.94. The van der Waals surface area contributed by atoms with E-state index in [1.165, 1.54) is 16.4 Å². The number of anilines is 1. The monoisotopic (exact) mass is 409 g/mol. The van der Waals surface area contributed by atoms with E-state index in [0.717, 1.165) is 13.1 Å². The van der Waals surface area contributed by atoms with Crippen molar-refractivity contribution >= 4 is 45.6 Å². The number of carbonyl (C=O) groups excluding carboxylic acids is 1. The summed E-state index contributed by atoms with van der Waals surface area (Å²) in [6.07, 6.45) is 0. The van der Waals surface area contributed by atoms with Crippen LogP contribution in [0, 0.1) is 11.8 Å². The average Bonchev–Trinajstić information content (AvgIpc) is 2.48. The minimum absolute atomic E-state index is 0. The van der Waals surface area contributed by atoms with Crippen molar-refractivity contribution in [2.45, 2.75) is 25.7 Å². The fourth-order valence-electron chi connectivity index (χ4n) is 2.62. The van der Waals surface area contributed by atoms with Gasteiger partial charge in [0, 0.05) is 24.7 Å². The lowest BCUT2D eigenvalue weighted by atomic mass is 9.88. The molecule has 1 aliphatic heterocycles. The number of hydrogen-bond acceptors (Lipinski definition) is 4. The Hall–Kier alpha value is -0.860. The van der Waals surface area contributed by atoms with Gasteiger partial charge in [0.05, 0.1) is 5.02 Å². The maximum Gasteiger partial charge on any atom is 0.244 e. The Morgan fingerprint density at radius 3 is 2.44 bits per heavy atom. The molecule has 2 rings (SSSR count). The Morgan fingerprint density at radius 1 is 1.36 bits per heavy atom. The average molecular weight is 410 g/mol. The predicted molar refractivity (Wildman–Crippen MR) is 103 cm³/mol. The van der Waals surface area contributed by atoms with E-state index in [-0.39, 0.29) is 34.2 Å². The van der Waals surface area contributed by atoms with Crippen molar-refractivity contribution in [3.8, 4) is 0 Å². The van der Waals surface area contributed by atoms with E-state index in [2.05, 4.69) is 10.6 Å². The highest BCUT2D eigenvalue weighted by atomic mass is 35.5. The molecule has 1 unspecified atom stereocenters. The largest absolute Gasteiger partial charge is 0.326 e. The summed E-state index contributed by atoms with van der Waals surface area (Å²) in [5.74, 6) is 0.0657. The molecule has 6 nitrogen and oxygen atoms in total. The van der Waals surface area contributed by atoms with Crippen LogP contribution >= 0.6 is 24.0 Å². The number of amides is 1. The lowest BCUT2D eigenvalue weighted by molar-refractivity contribution is -0.121. The third-order valence-corrected chi connectivity index (χ3v) is 6.99. The first kappa shape index (κ1) is 22.2. The minimum Gasteiger partial charge on any atom is -0.326 e. The number of nitrogens with zero attached hydrogens (tertiary/aromatic N) is 1. The molecular weight excluding hydrogens is 385 g/mol. The Morgan fingerprint density at radius 2 is 1.96 bits per heavy atom. The highest BCUT2D eigenvalue weighted by Gasteiger charge is 2.29. The summed E-state index contributed by atoms with van der Waals surface area (Å²) in [4.78, 5) is 12.3. The molecule has 0 saturated carbocycles. The second-order valence-corrected chi connectivity index (χ2v) is 8.24. The van der Waals surface area contributed by atoms with Crippen LogP contribution < -0.4 is 10.6 Å². The number of sulfonamides is 1. The second-order valence-electron chi connectivity index (χ2n) is 5.93. The van der Waals surface area contributed by atoms with Crippen molar-refractivity contribution in [2.24, 2.45) is 11.8 Å². The van der Waals surface area contributed by atoms with Gasteiger partial charge in [-0.25, -0.2) is 8.42 Å². The molecule has 25 heavy (non-hydrogen) atoms. The molecule has 0 spiro atoms. The van der Waals surface area contributed by atoms with Crippen LogP contribution in [0.2, 0.25) is 5.02 Å². The number of halogens is 2. The van der Waals surface area contributed by atoms with Gasteiger partial charge in [-0.05, 0) is 37.2 Å². The van der Waals surface area contributed by atoms with Crippen LogP contribution in [0.1, 0.15) is 20.8 Å². The van der Waals surface area contributed by atoms with Crippen LogP contribution in [0.25, 0.3) is 0 Å². The summed E-state index contributed by atoms with van der Waals surface area (Å²) < 4.78 is 26.7. The third kappa shape index (κ3) is 4.86. The highest BCUT2D eigenvalue weighted by molar-refractivity contribution is 7.89. The molecule has 1 fully saturated rings. The smallest absolute Gasteiger partial charge is 0.244 e.